The molecule has 1 fully saturated rings. The Kier molecular flexibility index (Phi) is 6.74. The number of thioether (sulfide) groups is 1. The van der Waals surface area contributed by atoms with E-state index in [2.05, 4.69) is 5.32 Å². The van der Waals surface area contributed by atoms with Crippen LogP contribution < -0.4 is 5.32 Å². The topological polar surface area (TPSA) is 56.8 Å². The van der Waals surface area contributed by atoms with Crippen LogP contribution in [0.3, 0.4) is 0 Å². The number of amides is 1. The van der Waals surface area contributed by atoms with Gasteiger partial charge < -0.3 is 19.5 Å². The second kappa shape index (κ2) is 8.57. The molecule has 1 N–H and O–H groups in total. The normalized spacial score (nSPS) is 23.3. The van der Waals surface area contributed by atoms with Crippen LogP contribution in [0.2, 0.25) is 0 Å². The van der Waals surface area contributed by atoms with Gasteiger partial charge in [0.2, 0.25) is 0 Å². The molecule has 0 bridgehead atoms. The van der Waals surface area contributed by atoms with Gasteiger partial charge in [0.05, 0.1) is 12.7 Å². The number of hydrogen-bond donors (Lipinski definition) is 1. The smallest absolute Gasteiger partial charge is 0.407 e. The highest BCUT2D eigenvalue weighted by atomic mass is 32.2. The molecular weight excluding hydrogens is 314 g/mol. The van der Waals surface area contributed by atoms with Gasteiger partial charge in [-0.2, -0.15) is 11.8 Å². The first-order valence-corrected chi connectivity index (χ1v) is 9.15. The fourth-order valence-electron chi connectivity index (χ4n) is 2.42. The Morgan fingerprint density at radius 1 is 1.39 bits per heavy atom. The van der Waals surface area contributed by atoms with Gasteiger partial charge in [0.25, 0.3) is 0 Å². The highest BCUT2D eigenvalue weighted by Crippen LogP contribution is 2.27. The molecule has 1 aromatic carbocycles. The van der Waals surface area contributed by atoms with Gasteiger partial charge in [0.1, 0.15) is 6.61 Å². The Labute approximate surface area is 142 Å². The Morgan fingerprint density at radius 3 is 2.83 bits per heavy atom. The minimum Gasteiger partial charge on any atom is -0.445 e. The van der Waals surface area contributed by atoms with Crippen LogP contribution in [-0.4, -0.2) is 43.1 Å². The van der Waals surface area contributed by atoms with Gasteiger partial charge >= 0.3 is 6.09 Å². The zero-order chi connectivity index (χ0) is 16.7. The van der Waals surface area contributed by atoms with Crippen molar-refractivity contribution in [1.82, 2.24) is 5.32 Å². The molecule has 0 aliphatic carbocycles. The maximum absolute atomic E-state index is 11.8. The molecule has 0 spiro atoms. The molecule has 1 unspecified atom stereocenters. The number of hydrogen-bond acceptors (Lipinski definition) is 5. The Hall–Kier alpha value is -1.24. The fourth-order valence-corrected chi connectivity index (χ4v) is 3.09. The molecule has 0 aromatic heterocycles. The zero-order valence-electron chi connectivity index (χ0n) is 13.9. The molecule has 1 aliphatic rings. The van der Waals surface area contributed by atoms with Gasteiger partial charge in [0, 0.05) is 18.2 Å². The summed E-state index contributed by atoms with van der Waals surface area (Å²) in [5.74, 6) is 0.433. The van der Waals surface area contributed by atoms with E-state index in [-0.39, 0.29) is 18.6 Å². The first-order chi connectivity index (χ1) is 11.0. The lowest BCUT2D eigenvalue weighted by Crippen LogP contribution is -2.50. The monoisotopic (exact) mass is 339 g/mol. The highest BCUT2D eigenvalue weighted by molar-refractivity contribution is 7.98. The van der Waals surface area contributed by atoms with E-state index in [1.807, 2.05) is 50.4 Å². The summed E-state index contributed by atoms with van der Waals surface area (Å²) < 4.78 is 16.9. The van der Waals surface area contributed by atoms with Crippen molar-refractivity contribution in [2.24, 2.45) is 5.92 Å². The van der Waals surface area contributed by atoms with Crippen molar-refractivity contribution in [1.29, 1.82) is 0 Å². The van der Waals surface area contributed by atoms with E-state index in [4.69, 9.17) is 14.2 Å². The van der Waals surface area contributed by atoms with Gasteiger partial charge in [-0.3, -0.25) is 0 Å². The number of ether oxygens (including phenoxy) is 3. The third-order valence-corrected chi connectivity index (χ3v) is 4.32. The molecule has 0 radical (unpaired) electrons. The SMILES string of the molecule is CSC[C@@H]1OC(C)(C)OCC1CNC(=O)OCc1ccccc1. The van der Waals surface area contributed by atoms with Gasteiger partial charge in [-0.25, -0.2) is 4.79 Å². The number of carbonyl (C=O) groups excluding carboxylic acids is 1. The third-order valence-electron chi connectivity index (χ3n) is 3.66. The van der Waals surface area contributed by atoms with Crippen molar-refractivity contribution in [3.63, 3.8) is 0 Å². The van der Waals surface area contributed by atoms with Crippen LogP contribution >= 0.6 is 11.8 Å². The molecule has 1 aromatic rings. The Bertz CT molecular complexity index is 495. The molecule has 2 rings (SSSR count). The number of carbonyl (C=O) groups is 1. The molecule has 0 saturated carbocycles. The minimum absolute atomic E-state index is 0.0585. The largest absolute Gasteiger partial charge is 0.445 e. The summed E-state index contributed by atoms with van der Waals surface area (Å²) in [6.45, 7) is 5.15. The van der Waals surface area contributed by atoms with Crippen molar-refractivity contribution < 1.29 is 19.0 Å². The van der Waals surface area contributed by atoms with Crippen LogP contribution in [0.1, 0.15) is 19.4 Å². The second-order valence-electron chi connectivity index (χ2n) is 6.03. The van der Waals surface area contributed by atoms with E-state index >= 15 is 0 Å². The van der Waals surface area contributed by atoms with Crippen molar-refractivity contribution in [2.45, 2.75) is 32.3 Å². The van der Waals surface area contributed by atoms with Gasteiger partial charge in [-0.1, -0.05) is 30.3 Å². The molecule has 1 saturated heterocycles. The average molecular weight is 339 g/mol. The molecular formula is C17H25NO4S. The van der Waals surface area contributed by atoms with E-state index in [0.29, 0.717) is 13.2 Å². The van der Waals surface area contributed by atoms with Crippen molar-refractivity contribution >= 4 is 17.9 Å². The van der Waals surface area contributed by atoms with Crippen LogP contribution in [-0.2, 0) is 20.8 Å². The van der Waals surface area contributed by atoms with Crippen LogP contribution in [0.4, 0.5) is 4.79 Å². The van der Waals surface area contributed by atoms with E-state index in [9.17, 15) is 4.79 Å². The molecule has 1 heterocycles. The molecule has 128 valence electrons. The van der Waals surface area contributed by atoms with Gasteiger partial charge in [-0.15, -0.1) is 0 Å². The summed E-state index contributed by atoms with van der Waals surface area (Å²) in [6.07, 6.45) is 1.69. The van der Waals surface area contributed by atoms with Crippen LogP contribution in [0.25, 0.3) is 0 Å². The minimum atomic E-state index is -0.565. The summed E-state index contributed by atoms with van der Waals surface area (Å²) in [4.78, 5) is 11.8. The lowest BCUT2D eigenvalue weighted by molar-refractivity contribution is -0.286. The maximum atomic E-state index is 11.8. The van der Waals surface area contributed by atoms with Crippen LogP contribution in [0, 0.1) is 5.92 Å². The standard InChI is InChI=1S/C17H25NO4S/c1-17(2)21-11-14(15(22-17)12-23-3)9-18-16(19)20-10-13-7-5-4-6-8-13/h4-8,14-15H,9-12H2,1-3H3,(H,18,19)/t14?,15-/m0/s1. The predicted octanol–water partition coefficient (Wildman–Crippen LogP) is 3.04. The van der Waals surface area contributed by atoms with E-state index in [1.54, 1.807) is 11.8 Å². The number of alkyl carbamates (subject to hydrolysis) is 1. The summed E-state index contributed by atoms with van der Waals surface area (Å²) >= 11 is 1.73. The highest BCUT2D eigenvalue weighted by Gasteiger charge is 2.36. The molecule has 1 amide bonds. The Balaban J connectivity index is 1.76. The van der Waals surface area contributed by atoms with Crippen molar-refractivity contribution in [3.05, 3.63) is 35.9 Å². The fraction of sp³-hybridized carbons (Fsp3) is 0.588. The number of rotatable bonds is 6. The molecule has 1 aliphatic heterocycles. The third kappa shape index (κ3) is 6.05. The lowest BCUT2D eigenvalue weighted by Gasteiger charge is -2.41. The zero-order valence-corrected chi connectivity index (χ0v) is 14.7. The van der Waals surface area contributed by atoms with Crippen molar-refractivity contribution in [3.8, 4) is 0 Å². The average Bonchev–Trinajstić information content (AvgIpc) is 2.53. The Morgan fingerprint density at radius 2 is 2.13 bits per heavy atom. The van der Waals surface area contributed by atoms with Crippen LogP contribution in [0.5, 0.6) is 0 Å². The number of benzene rings is 1. The first kappa shape index (κ1) is 18.1. The summed E-state index contributed by atoms with van der Waals surface area (Å²) in [6, 6.07) is 9.61. The number of nitrogens with one attached hydrogen (secondary N) is 1. The van der Waals surface area contributed by atoms with Gasteiger partial charge in [0.15, 0.2) is 5.79 Å². The summed E-state index contributed by atoms with van der Waals surface area (Å²) in [5, 5.41) is 2.81. The lowest BCUT2D eigenvalue weighted by atomic mass is 10.0. The summed E-state index contributed by atoms with van der Waals surface area (Å²) in [7, 11) is 0. The molecule has 6 heteroatoms. The molecule has 5 nitrogen and oxygen atoms in total. The van der Waals surface area contributed by atoms with Crippen molar-refractivity contribution in [2.75, 3.05) is 25.2 Å². The van der Waals surface area contributed by atoms with E-state index < -0.39 is 11.9 Å². The van der Waals surface area contributed by atoms with E-state index in [0.717, 1.165) is 11.3 Å². The maximum Gasteiger partial charge on any atom is 0.407 e. The van der Waals surface area contributed by atoms with Crippen LogP contribution in [0.15, 0.2) is 30.3 Å². The first-order valence-electron chi connectivity index (χ1n) is 7.75. The van der Waals surface area contributed by atoms with Gasteiger partial charge in [-0.05, 0) is 25.7 Å². The summed E-state index contributed by atoms with van der Waals surface area (Å²) in [5.41, 5.74) is 0.967. The predicted molar refractivity (Wildman–Crippen MR) is 91.4 cm³/mol. The second-order valence-corrected chi connectivity index (χ2v) is 6.94. The quantitative estimate of drug-likeness (QED) is 0.863. The molecule has 2 atom stereocenters. The molecule has 23 heavy (non-hydrogen) atoms. The van der Waals surface area contributed by atoms with E-state index in [1.165, 1.54) is 0 Å².